The van der Waals surface area contributed by atoms with Gasteiger partial charge in [0.15, 0.2) is 0 Å². The number of azo groups is 2. The SMILES string of the molecule is Cc1ccc(NC(=O)Nc2ccc(N=Nc3ccc(N=Nc4ccc(S(=O)(=O)O)cc4)c4cc(S(=O)(=O)O)ccc34)cc2)cc1. The predicted octanol–water partition coefficient (Wildman–Crippen LogP) is 8.12. The van der Waals surface area contributed by atoms with Crippen molar-refractivity contribution in [3.8, 4) is 0 Å². The third-order valence-electron chi connectivity index (χ3n) is 6.36. The largest absolute Gasteiger partial charge is 0.323 e. The molecule has 0 aliphatic carbocycles. The summed E-state index contributed by atoms with van der Waals surface area (Å²) in [5.74, 6) is 0. The molecule has 45 heavy (non-hydrogen) atoms. The van der Waals surface area contributed by atoms with Crippen LogP contribution >= 0.6 is 0 Å². The van der Waals surface area contributed by atoms with E-state index < -0.39 is 26.3 Å². The number of anilines is 2. The van der Waals surface area contributed by atoms with Crippen LogP contribution in [-0.4, -0.2) is 32.0 Å². The molecule has 5 aromatic rings. The molecular formula is C30H24N6O7S2. The number of carbonyl (C=O) groups excluding carboxylic acids is 1. The van der Waals surface area contributed by atoms with Gasteiger partial charge in [0.05, 0.1) is 32.5 Å². The molecule has 0 saturated heterocycles. The van der Waals surface area contributed by atoms with Crippen LogP contribution in [0.15, 0.2) is 133 Å². The van der Waals surface area contributed by atoms with Gasteiger partial charge in [-0.25, -0.2) is 4.79 Å². The highest BCUT2D eigenvalue weighted by Crippen LogP contribution is 2.37. The lowest BCUT2D eigenvalue weighted by atomic mass is 10.1. The molecule has 0 atom stereocenters. The number of nitrogens with zero attached hydrogens (tertiary/aromatic N) is 4. The molecular weight excluding hydrogens is 620 g/mol. The van der Waals surface area contributed by atoms with Gasteiger partial charge in [0.25, 0.3) is 20.2 Å². The quantitative estimate of drug-likeness (QED) is 0.0964. The molecule has 5 rings (SSSR count). The van der Waals surface area contributed by atoms with Crippen molar-refractivity contribution in [2.75, 3.05) is 10.6 Å². The maximum absolute atomic E-state index is 12.3. The second-order valence-corrected chi connectivity index (χ2v) is 12.5. The Balaban J connectivity index is 1.37. The molecule has 0 aliphatic rings. The van der Waals surface area contributed by atoms with Crippen molar-refractivity contribution < 1.29 is 30.7 Å². The Morgan fingerprint density at radius 1 is 0.556 bits per heavy atom. The van der Waals surface area contributed by atoms with E-state index in [1.54, 1.807) is 42.5 Å². The van der Waals surface area contributed by atoms with Gasteiger partial charge in [0.1, 0.15) is 0 Å². The first kappa shape index (κ1) is 31.1. The Kier molecular flexibility index (Phi) is 8.78. The summed E-state index contributed by atoms with van der Waals surface area (Å²) in [6.45, 7) is 1.95. The summed E-state index contributed by atoms with van der Waals surface area (Å²) in [5, 5.41) is 23.0. The van der Waals surface area contributed by atoms with Gasteiger partial charge < -0.3 is 10.6 Å². The van der Waals surface area contributed by atoms with Crippen LogP contribution in [0.1, 0.15) is 5.56 Å². The van der Waals surface area contributed by atoms with Gasteiger partial charge in [-0.05, 0) is 91.9 Å². The minimum Gasteiger partial charge on any atom is -0.308 e. The summed E-state index contributed by atoms with van der Waals surface area (Å²) in [7, 11) is -8.91. The fourth-order valence-corrected chi connectivity index (χ4v) is 5.07. The second-order valence-electron chi connectivity index (χ2n) is 9.65. The Labute approximate surface area is 257 Å². The van der Waals surface area contributed by atoms with Crippen LogP contribution in [0.4, 0.5) is 38.9 Å². The van der Waals surface area contributed by atoms with E-state index in [1.165, 1.54) is 36.4 Å². The number of hydrogen-bond acceptors (Lipinski definition) is 9. The molecule has 228 valence electrons. The van der Waals surface area contributed by atoms with Crippen LogP contribution in [-0.2, 0) is 20.2 Å². The van der Waals surface area contributed by atoms with Crippen LogP contribution in [0.25, 0.3) is 10.8 Å². The third kappa shape index (κ3) is 7.98. The van der Waals surface area contributed by atoms with Crippen molar-refractivity contribution in [1.82, 2.24) is 0 Å². The van der Waals surface area contributed by atoms with E-state index in [9.17, 15) is 26.2 Å². The molecule has 0 aliphatic heterocycles. The average Bonchev–Trinajstić information content (AvgIpc) is 3.00. The zero-order valence-electron chi connectivity index (χ0n) is 23.4. The van der Waals surface area contributed by atoms with Crippen molar-refractivity contribution in [2.45, 2.75) is 16.7 Å². The van der Waals surface area contributed by atoms with Crippen LogP contribution < -0.4 is 10.6 Å². The summed E-state index contributed by atoms with van der Waals surface area (Å²) in [4.78, 5) is 11.6. The van der Waals surface area contributed by atoms with Gasteiger partial charge in [-0.3, -0.25) is 9.11 Å². The first-order chi connectivity index (χ1) is 21.3. The van der Waals surface area contributed by atoms with Gasteiger partial charge >= 0.3 is 6.03 Å². The molecule has 13 nitrogen and oxygen atoms in total. The maximum Gasteiger partial charge on any atom is 0.323 e. The molecule has 4 N–H and O–H groups in total. The number of nitrogens with one attached hydrogen (secondary N) is 2. The zero-order chi connectivity index (χ0) is 32.2. The minimum atomic E-state index is -4.54. The summed E-state index contributed by atoms with van der Waals surface area (Å²) < 4.78 is 65.0. The van der Waals surface area contributed by atoms with Crippen molar-refractivity contribution in [1.29, 1.82) is 0 Å². The summed E-state index contributed by atoms with van der Waals surface area (Å²) >= 11 is 0. The molecule has 0 spiro atoms. The van der Waals surface area contributed by atoms with E-state index in [1.807, 2.05) is 19.1 Å². The van der Waals surface area contributed by atoms with E-state index in [0.29, 0.717) is 33.5 Å². The maximum atomic E-state index is 12.3. The molecule has 0 aromatic heterocycles. The number of urea groups is 1. The first-order valence-corrected chi connectivity index (χ1v) is 15.9. The van der Waals surface area contributed by atoms with Gasteiger partial charge in [-0.1, -0.05) is 23.8 Å². The normalized spacial score (nSPS) is 12.2. The van der Waals surface area contributed by atoms with Crippen molar-refractivity contribution >= 4 is 71.2 Å². The lowest BCUT2D eigenvalue weighted by Gasteiger charge is -2.08. The number of benzene rings is 5. The van der Waals surface area contributed by atoms with Crippen molar-refractivity contribution in [2.24, 2.45) is 20.5 Å². The fourth-order valence-electron chi connectivity index (χ4n) is 4.08. The Hall–Kier alpha value is -5.35. The zero-order valence-corrected chi connectivity index (χ0v) is 25.0. The lowest BCUT2D eigenvalue weighted by molar-refractivity contribution is 0.262. The minimum absolute atomic E-state index is 0.229. The predicted molar refractivity (Wildman–Crippen MR) is 169 cm³/mol. The highest BCUT2D eigenvalue weighted by Gasteiger charge is 2.14. The number of amides is 2. The molecule has 5 aromatic carbocycles. The van der Waals surface area contributed by atoms with E-state index in [2.05, 4.69) is 31.1 Å². The molecule has 0 saturated carbocycles. The number of aryl methyl sites for hydroxylation is 1. The van der Waals surface area contributed by atoms with Gasteiger partial charge in [-0.15, -0.1) is 10.2 Å². The van der Waals surface area contributed by atoms with E-state index in [4.69, 9.17) is 4.55 Å². The molecule has 0 unspecified atom stereocenters. The molecule has 0 radical (unpaired) electrons. The van der Waals surface area contributed by atoms with Crippen LogP contribution in [0.2, 0.25) is 0 Å². The summed E-state index contributed by atoms with van der Waals surface area (Å²) in [6.07, 6.45) is 0. The Morgan fingerprint density at radius 2 is 1.00 bits per heavy atom. The Morgan fingerprint density at radius 3 is 1.51 bits per heavy atom. The van der Waals surface area contributed by atoms with Crippen molar-refractivity contribution in [3.63, 3.8) is 0 Å². The first-order valence-electron chi connectivity index (χ1n) is 13.1. The lowest BCUT2D eigenvalue weighted by Crippen LogP contribution is -2.19. The van der Waals surface area contributed by atoms with E-state index in [0.717, 1.165) is 17.7 Å². The molecule has 0 heterocycles. The Bertz CT molecular complexity index is 2170. The number of hydrogen-bond donors (Lipinski definition) is 4. The number of carbonyl (C=O) groups is 1. The summed E-state index contributed by atoms with van der Waals surface area (Å²) in [6, 6.07) is 25.6. The van der Waals surface area contributed by atoms with Crippen LogP contribution in [0.3, 0.4) is 0 Å². The van der Waals surface area contributed by atoms with Crippen molar-refractivity contribution in [3.05, 3.63) is 109 Å². The molecule has 0 fully saturated rings. The highest BCUT2D eigenvalue weighted by molar-refractivity contribution is 7.86. The second kappa shape index (κ2) is 12.7. The number of rotatable bonds is 8. The smallest absolute Gasteiger partial charge is 0.308 e. The topological polar surface area (TPSA) is 199 Å². The van der Waals surface area contributed by atoms with Gasteiger partial charge in [0.2, 0.25) is 0 Å². The highest BCUT2D eigenvalue weighted by atomic mass is 32.2. The molecule has 2 amide bonds. The van der Waals surface area contributed by atoms with E-state index in [-0.39, 0.29) is 21.2 Å². The molecule has 15 heteroatoms. The standard InChI is InChI=1S/C30H24N6O7S2/c1-19-2-4-20(5-3-19)31-30(37)32-21-6-8-22(9-7-21)33-35-28-16-17-29(27-18-25(45(41,42)43)14-15-26(27)28)36-34-23-10-12-24(13-11-23)44(38,39)40/h2-18H,1H3,(H2,31,32,37)(H,38,39,40)(H,41,42,43). The number of fused-ring (bicyclic) bond motifs is 1. The molecule has 0 bridgehead atoms. The van der Waals surface area contributed by atoms with Crippen LogP contribution in [0, 0.1) is 6.92 Å². The fraction of sp³-hybridized carbons (Fsp3) is 0.0333. The monoisotopic (exact) mass is 644 g/mol. The van der Waals surface area contributed by atoms with Gasteiger partial charge in [-0.2, -0.15) is 27.1 Å². The van der Waals surface area contributed by atoms with Crippen LogP contribution in [0.5, 0.6) is 0 Å². The average molecular weight is 645 g/mol. The van der Waals surface area contributed by atoms with Gasteiger partial charge in [0, 0.05) is 22.1 Å². The third-order valence-corrected chi connectivity index (χ3v) is 8.07. The van der Waals surface area contributed by atoms with E-state index >= 15 is 0 Å². The summed E-state index contributed by atoms with van der Waals surface area (Å²) in [5.41, 5.74) is 3.59.